The average molecular weight is 249 g/mol. The maximum absolute atomic E-state index is 10.2. The van der Waals surface area contributed by atoms with Crippen molar-refractivity contribution in [2.45, 2.75) is 13.3 Å². The zero-order valence-corrected chi connectivity index (χ0v) is 10.8. The summed E-state index contributed by atoms with van der Waals surface area (Å²) in [7, 11) is 1.66. The van der Waals surface area contributed by atoms with Crippen molar-refractivity contribution in [1.29, 1.82) is 0 Å². The molecule has 0 aromatic heterocycles. The van der Waals surface area contributed by atoms with Crippen LogP contribution in [-0.2, 0) is 11.2 Å². The van der Waals surface area contributed by atoms with Gasteiger partial charge in [0.1, 0.15) is 5.75 Å². The van der Waals surface area contributed by atoms with E-state index >= 15 is 0 Å². The molecule has 0 spiro atoms. The molecule has 0 amide bonds. The molecule has 0 heterocycles. The van der Waals surface area contributed by atoms with E-state index in [2.05, 4.69) is 11.4 Å². The second-order valence-electron chi connectivity index (χ2n) is 4.01. The van der Waals surface area contributed by atoms with Gasteiger partial charge in [-0.2, -0.15) is 0 Å². The Hall–Kier alpha value is -1.81. The van der Waals surface area contributed by atoms with Crippen LogP contribution in [0.3, 0.4) is 0 Å². The van der Waals surface area contributed by atoms with E-state index < -0.39 is 5.97 Å². The van der Waals surface area contributed by atoms with Gasteiger partial charge in [-0.15, -0.1) is 0 Å². The van der Waals surface area contributed by atoms with Gasteiger partial charge in [0, 0.05) is 12.6 Å². The van der Waals surface area contributed by atoms with Gasteiger partial charge < -0.3 is 15.2 Å². The van der Waals surface area contributed by atoms with Crippen LogP contribution in [0.1, 0.15) is 11.1 Å². The summed E-state index contributed by atoms with van der Waals surface area (Å²) in [6.45, 7) is 3.39. The van der Waals surface area contributed by atoms with Gasteiger partial charge in [0.15, 0.2) is 0 Å². The van der Waals surface area contributed by atoms with Crippen LogP contribution in [0.5, 0.6) is 5.75 Å². The number of benzene rings is 1. The summed E-state index contributed by atoms with van der Waals surface area (Å²) < 4.78 is 5.29. The molecule has 1 rings (SSSR count). The number of nitrogens with one attached hydrogen (secondary N) is 1. The van der Waals surface area contributed by atoms with Crippen LogP contribution < -0.4 is 10.1 Å². The number of carboxylic acid groups (broad SMARTS) is 1. The quantitative estimate of drug-likeness (QED) is 0.571. The van der Waals surface area contributed by atoms with Gasteiger partial charge in [0.05, 0.1) is 7.11 Å². The van der Waals surface area contributed by atoms with Crippen LogP contribution in [-0.4, -0.2) is 31.3 Å². The molecule has 0 atom stereocenters. The summed E-state index contributed by atoms with van der Waals surface area (Å²) in [5, 5.41) is 11.6. The molecule has 0 aliphatic rings. The van der Waals surface area contributed by atoms with E-state index in [1.165, 1.54) is 5.56 Å². The molecule has 0 bridgehead atoms. The predicted octanol–water partition coefficient (Wildman–Crippen LogP) is 1.78. The lowest BCUT2D eigenvalue weighted by atomic mass is 10.1. The summed E-state index contributed by atoms with van der Waals surface area (Å²) in [6, 6.07) is 6.09. The fourth-order valence-corrected chi connectivity index (χ4v) is 1.67. The van der Waals surface area contributed by atoms with Crippen LogP contribution in [0, 0.1) is 6.92 Å². The second kappa shape index (κ2) is 7.50. The zero-order valence-electron chi connectivity index (χ0n) is 10.8. The van der Waals surface area contributed by atoms with E-state index in [0.717, 1.165) is 30.4 Å². The third kappa shape index (κ3) is 5.01. The number of carbonyl (C=O) groups is 1. The number of aryl methyl sites for hydroxylation is 1. The number of hydrogen-bond donors (Lipinski definition) is 2. The summed E-state index contributed by atoms with van der Waals surface area (Å²) in [5.41, 5.74) is 2.36. The highest BCUT2D eigenvalue weighted by Gasteiger charge is 2.02. The first-order chi connectivity index (χ1) is 8.63. The van der Waals surface area contributed by atoms with Crippen molar-refractivity contribution in [3.63, 3.8) is 0 Å². The first-order valence-electron chi connectivity index (χ1n) is 5.87. The molecule has 0 saturated carbocycles. The van der Waals surface area contributed by atoms with E-state index in [0.29, 0.717) is 6.54 Å². The molecular weight excluding hydrogens is 230 g/mol. The molecule has 0 fully saturated rings. The third-order valence-electron chi connectivity index (χ3n) is 2.53. The number of methoxy groups -OCH3 is 1. The predicted molar refractivity (Wildman–Crippen MR) is 71.1 cm³/mol. The molecule has 98 valence electrons. The Kier molecular flexibility index (Phi) is 5.94. The van der Waals surface area contributed by atoms with E-state index in [4.69, 9.17) is 9.84 Å². The molecule has 0 saturated heterocycles. The minimum absolute atomic E-state index is 0.556. The van der Waals surface area contributed by atoms with Gasteiger partial charge in [0.25, 0.3) is 0 Å². The lowest BCUT2D eigenvalue weighted by molar-refractivity contribution is -0.131. The highest BCUT2D eigenvalue weighted by molar-refractivity contribution is 5.79. The third-order valence-corrected chi connectivity index (χ3v) is 2.53. The molecule has 0 unspecified atom stereocenters. The fourth-order valence-electron chi connectivity index (χ4n) is 1.67. The Bertz CT molecular complexity index is 427. The molecular formula is C14H19NO3. The zero-order chi connectivity index (χ0) is 13.4. The summed E-state index contributed by atoms with van der Waals surface area (Å²) in [5.74, 6) is -0.0272. The Morgan fingerprint density at radius 3 is 2.94 bits per heavy atom. The van der Waals surface area contributed by atoms with Crippen LogP contribution in [0.25, 0.3) is 0 Å². The van der Waals surface area contributed by atoms with E-state index in [9.17, 15) is 4.79 Å². The second-order valence-corrected chi connectivity index (χ2v) is 4.01. The molecule has 0 aliphatic carbocycles. The topological polar surface area (TPSA) is 58.6 Å². The molecule has 2 N–H and O–H groups in total. The number of rotatable bonds is 7. The molecule has 1 aromatic carbocycles. The van der Waals surface area contributed by atoms with Gasteiger partial charge in [-0.1, -0.05) is 23.8 Å². The number of ether oxygens (including phenoxy) is 1. The van der Waals surface area contributed by atoms with Gasteiger partial charge in [-0.05, 0) is 31.5 Å². The first-order valence-corrected chi connectivity index (χ1v) is 5.87. The fraction of sp³-hybridized carbons (Fsp3) is 0.357. The lowest BCUT2D eigenvalue weighted by Crippen LogP contribution is -2.17. The summed E-state index contributed by atoms with van der Waals surface area (Å²) in [6.07, 6.45) is 3.59. The molecule has 0 radical (unpaired) electrons. The molecule has 1 aromatic rings. The molecule has 4 nitrogen and oxygen atoms in total. The van der Waals surface area contributed by atoms with Crippen molar-refractivity contribution in [3.05, 3.63) is 41.5 Å². The van der Waals surface area contributed by atoms with E-state index in [-0.39, 0.29) is 0 Å². The molecule has 0 aliphatic heterocycles. The van der Waals surface area contributed by atoms with Gasteiger partial charge in [-0.25, -0.2) is 4.79 Å². The van der Waals surface area contributed by atoms with Crippen molar-refractivity contribution < 1.29 is 14.6 Å². The van der Waals surface area contributed by atoms with Crippen molar-refractivity contribution >= 4 is 5.97 Å². The van der Waals surface area contributed by atoms with E-state index in [1.807, 2.05) is 19.1 Å². The molecule has 4 heteroatoms. The maximum Gasteiger partial charge on any atom is 0.328 e. The highest BCUT2D eigenvalue weighted by Crippen LogP contribution is 2.19. The highest BCUT2D eigenvalue weighted by atomic mass is 16.5. The minimum atomic E-state index is -0.919. The van der Waals surface area contributed by atoms with Crippen LogP contribution in [0.15, 0.2) is 30.4 Å². The average Bonchev–Trinajstić information content (AvgIpc) is 2.33. The van der Waals surface area contributed by atoms with Gasteiger partial charge >= 0.3 is 5.97 Å². The normalized spacial score (nSPS) is 10.8. The SMILES string of the molecule is COc1ccc(C)cc1CCNC/C=C/C(=O)O. The van der Waals surface area contributed by atoms with Gasteiger partial charge in [0.2, 0.25) is 0 Å². The number of hydrogen-bond acceptors (Lipinski definition) is 3. The Labute approximate surface area is 107 Å². The van der Waals surface area contributed by atoms with Crippen molar-refractivity contribution in [2.75, 3.05) is 20.2 Å². The molecule has 18 heavy (non-hydrogen) atoms. The van der Waals surface area contributed by atoms with Crippen LogP contribution >= 0.6 is 0 Å². The van der Waals surface area contributed by atoms with Crippen LogP contribution in [0.2, 0.25) is 0 Å². The summed E-state index contributed by atoms with van der Waals surface area (Å²) in [4.78, 5) is 10.2. The monoisotopic (exact) mass is 249 g/mol. The van der Waals surface area contributed by atoms with Gasteiger partial charge in [-0.3, -0.25) is 0 Å². The lowest BCUT2D eigenvalue weighted by Gasteiger charge is -2.09. The summed E-state index contributed by atoms with van der Waals surface area (Å²) >= 11 is 0. The van der Waals surface area contributed by atoms with Crippen molar-refractivity contribution in [1.82, 2.24) is 5.32 Å². The number of aliphatic carboxylic acids is 1. The number of carboxylic acids is 1. The Morgan fingerprint density at radius 1 is 1.50 bits per heavy atom. The standard InChI is InChI=1S/C14H19NO3/c1-11-5-6-13(18-2)12(10-11)7-9-15-8-3-4-14(16)17/h3-6,10,15H,7-9H2,1-2H3,(H,16,17)/b4-3+. The minimum Gasteiger partial charge on any atom is -0.496 e. The van der Waals surface area contributed by atoms with Crippen molar-refractivity contribution in [3.8, 4) is 5.75 Å². The van der Waals surface area contributed by atoms with Crippen LogP contribution in [0.4, 0.5) is 0 Å². The largest absolute Gasteiger partial charge is 0.496 e. The maximum atomic E-state index is 10.2. The Balaban J connectivity index is 2.39. The Morgan fingerprint density at radius 2 is 2.28 bits per heavy atom. The smallest absolute Gasteiger partial charge is 0.328 e. The first kappa shape index (κ1) is 14.3. The van der Waals surface area contributed by atoms with Crippen molar-refractivity contribution in [2.24, 2.45) is 0 Å². The van der Waals surface area contributed by atoms with E-state index in [1.54, 1.807) is 13.2 Å².